The second-order valence-corrected chi connectivity index (χ2v) is 3.72. The molecule has 1 aromatic heterocycles. The minimum Gasteiger partial charge on any atom is -0.409 e. The lowest BCUT2D eigenvalue weighted by Gasteiger charge is -2.12. The summed E-state index contributed by atoms with van der Waals surface area (Å²) in [4.78, 5) is 4.22. The average Bonchev–Trinajstić information content (AvgIpc) is 2.30. The molecule has 16 heavy (non-hydrogen) atoms. The summed E-state index contributed by atoms with van der Waals surface area (Å²) >= 11 is 0. The molecule has 0 radical (unpaired) electrons. The van der Waals surface area contributed by atoms with Crippen molar-refractivity contribution >= 4 is 5.84 Å². The third kappa shape index (κ3) is 4.75. The Morgan fingerprint density at radius 1 is 1.62 bits per heavy atom. The molecule has 0 aliphatic carbocycles. The molecule has 1 rings (SSSR count). The zero-order valence-electron chi connectivity index (χ0n) is 9.43. The van der Waals surface area contributed by atoms with E-state index in [1.54, 1.807) is 6.20 Å². The van der Waals surface area contributed by atoms with Gasteiger partial charge in [-0.2, -0.15) is 0 Å². The van der Waals surface area contributed by atoms with Crippen LogP contribution in [-0.2, 0) is 6.42 Å². The number of hydrogen-bond donors (Lipinski definition) is 3. The van der Waals surface area contributed by atoms with E-state index in [1.807, 2.05) is 25.1 Å². The topological polar surface area (TPSA) is 83.5 Å². The van der Waals surface area contributed by atoms with Gasteiger partial charge in [0.05, 0.1) is 0 Å². The van der Waals surface area contributed by atoms with Crippen LogP contribution in [0.2, 0.25) is 0 Å². The molecule has 0 aliphatic rings. The summed E-state index contributed by atoms with van der Waals surface area (Å²) in [6.07, 6.45) is 3.20. The fraction of sp³-hybridized carbons (Fsp3) is 0.455. The van der Waals surface area contributed by atoms with E-state index in [0.29, 0.717) is 6.42 Å². The van der Waals surface area contributed by atoms with Crippen molar-refractivity contribution in [2.75, 3.05) is 6.54 Å². The highest BCUT2D eigenvalue weighted by Crippen LogP contribution is 1.95. The first-order valence-corrected chi connectivity index (χ1v) is 5.32. The molecule has 0 bridgehead atoms. The summed E-state index contributed by atoms with van der Waals surface area (Å²) in [6.45, 7) is 2.83. The fourth-order valence-electron chi connectivity index (χ4n) is 1.42. The van der Waals surface area contributed by atoms with Crippen LogP contribution in [-0.4, -0.2) is 28.6 Å². The summed E-state index contributed by atoms with van der Waals surface area (Å²) in [5.74, 6) is 0.248. The van der Waals surface area contributed by atoms with Gasteiger partial charge in [0.15, 0.2) is 0 Å². The van der Waals surface area contributed by atoms with Crippen molar-refractivity contribution in [2.45, 2.75) is 25.8 Å². The summed E-state index contributed by atoms with van der Waals surface area (Å²) in [5.41, 5.74) is 6.47. The van der Waals surface area contributed by atoms with Gasteiger partial charge in [-0.15, -0.1) is 0 Å². The van der Waals surface area contributed by atoms with E-state index in [-0.39, 0.29) is 11.9 Å². The van der Waals surface area contributed by atoms with Gasteiger partial charge >= 0.3 is 0 Å². The molecule has 0 saturated heterocycles. The standard InChI is InChI=1S/C11H18N4O/c1-9(8-11(12)15-16)13-7-5-10-4-2-3-6-14-10/h2-4,6,9,13,16H,5,7-8H2,1H3,(H2,12,15). The van der Waals surface area contributed by atoms with Gasteiger partial charge in [-0.25, -0.2) is 0 Å². The molecule has 1 aromatic rings. The molecule has 0 fully saturated rings. The Labute approximate surface area is 95.4 Å². The molecular weight excluding hydrogens is 204 g/mol. The number of oxime groups is 1. The number of hydrogen-bond acceptors (Lipinski definition) is 4. The Kier molecular flexibility index (Phi) is 5.28. The van der Waals surface area contributed by atoms with Gasteiger partial charge in [-0.3, -0.25) is 4.98 Å². The van der Waals surface area contributed by atoms with Crippen molar-refractivity contribution in [3.05, 3.63) is 30.1 Å². The first kappa shape index (κ1) is 12.4. The van der Waals surface area contributed by atoms with E-state index in [2.05, 4.69) is 15.5 Å². The normalized spacial score (nSPS) is 13.7. The van der Waals surface area contributed by atoms with Crippen LogP contribution in [0.25, 0.3) is 0 Å². The highest BCUT2D eigenvalue weighted by molar-refractivity contribution is 5.80. The van der Waals surface area contributed by atoms with Crippen molar-refractivity contribution < 1.29 is 5.21 Å². The van der Waals surface area contributed by atoms with Crippen LogP contribution in [0.15, 0.2) is 29.6 Å². The Balaban J connectivity index is 2.21. The predicted molar refractivity (Wildman–Crippen MR) is 63.4 cm³/mol. The van der Waals surface area contributed by atoms with Gasteiger partial charge < -0.3 is 16.3 Å². The highest BCUT2D eigenvalue weighted by atomic mass is 16.4. The number of pyridine rings is 1. The number of nitrogens with one attached hydrogen (secondary N) is 1. The van der Waals surface area contributed by atoms with Crippen LogP contribution in [0.4, 0.5) is 0 Å². The number of nitrogens with zero attached hydrogens (tertiary/aromatic N) is 2. The lowest BCUT2D eigenvalue weighted by molar-refractivity contribution is 0.316. The Hall–Kier alpha value is -1.62. The van der Waals surface area contributed by atoms with Crippen LogP contribution in [0.1, 0.15) is 19.0 Å². The molecular formula is C11H18N4O. The lowest BCUT2D eigenvalue weighted by atomic mass is 10.2. The quantitative estimate of drug-likeness (QED) is 0.287. The monoisotopic (exact) mass is 222 g/mol. The maximum absolute atomic E-state index is 8.41. The zero-order chi connectivity index (χ0) is 11.8. The number of aromatic nitrogens is 1. The van der Waals surface area contributed by atoms with Crippen LogP contribution in [0.3, 0.4) is 0 Å². The highest BCUT2D eigenvalue weighted by Gasteiger charge is 2.04. The van der Waals surface area contributed by atoms with E-state index in [1.165, 1.54) is 0 Å². The predicted octanol–water partition coefficient (Wildman–Crippen LogP) is 0.739. The first-order valence-electron chi connectivity index (χ1n) is 5.32. The molecule has 5 heteroatoms. The van der Waals surface area contributed by atoms with Crippen LogP contribution >= 0.6 is 0 Å². The minimum atomic E-state index is 0.194. The van der Waals surface area contributed by atoms with E-state index < -0.39 is 0 Å². The molecule has 0 spiro atoms. The van der Waals surface area contributed by atoms with E-state index in [9.17, 15) is 0 Å². The molecule has 0 aromatic carbocycles. The molecule has 1 atom stereocenters. The number of amidine groups is 1. The van der Waals surface area contributed by atoms with Gasteiger partial charge in [0.25, 0.3) is 0 Å². The van der Waals surface area contributed by atoms with Crippen LogP contribution in [0.5, 0.6) is 0 Å². The van der Waals surface area contributed by atoms with Crippen molar-refractivity contribution in [3.8, 4) is 0 Å². The second-order valence-electron chi connectivity index (χ2n) is 3.72. The average molecular weight is 222 g/mol. The molecule has 0 aliphatic heterocycles. The number of nitrogens with two attached hydrogens (primary N) is 1. The smallest absolute Gasteiger partial charge is 0.140 e. The van der Waals surface area contributed by atoms with Crippen molar-refractivity contribution in [3.63, 3.8) is 0 Å². The molecule has 88 valence electrons. The maximum atomic E-state index is 8.41. The van der Waals surface area contributed by atoms with Gasteiger partial charge in [0, 0.05) is 37.3 Å². The lowest BCUT2D eigenvalue weighted by Crippen LogP contribution is -2.32. The molecule has 4 N–H and O–H groups in total. The summed E-state index contributed by atoms with van der Waals surface area (Å²) in [5, 5.41) is 14.6. The SMILES string of the molecule is CC(CC(N)=NO)NCCc1ccccn1. The van der Waals surface area contributed by atoms with Crippen molar-refractivity contribution in [1.82, 2.24) is 10.3 Å². The molecule has 0 amide bonds. The molecule has 5 nitrogen and oxygen atoms in total. The molecule has 1 unspecified atom stereocenters. The molecule has 0 saturated carbocycles. The van der Waals surface area contributed by atoms with Crippen molar-refractivity contribution in [2.24, 2.45) is 10.9 Å². The third-order valence-corrected chi connectivity index (χ3v) is 2.24. The van der Waals surface area contributed by atoms with Crippen LogP contribution < -0.4 is 11.1 Å². The third-order valence-electron chi connectivity index (χ3n) is 2.24. The molecule has 1 heterocycles. The van der Waals surface area contributed by atoms with E-state index >= 15 is 0 Å². The first-order chi connectivity index (χ1) is 7.72. The zero-order valence-corrected chi connectivity index (χ0v) is 9.43. The van der Waals surface area contributed by atoms with Gasteiger partial charge in [-0.05, 0) is 19.1 Å². The maximum Gasteiger partial charge on any atom is 0.140 e. The largest absolute Gasteiger partial charge is 0.409 e. The second kappa shape index (κ2) is 6.79. The van der Waals surface area contributed by atoms with E-state index in [0.717, 1.165) is 18.7 Å². The summed E-state index contributed by atoms with van der Waals surface area (Å²) in [7, 11) is 0. The van der Waals surface area contributed by atoms with Gasteiger partial charge in [-0.1, -0.05) is 11.2 Å². The minimum absolute atomic E-state index is 0.194. The van der Waals surface area contributed by atoms with Gasteiger partial charge in [0.1, 0.15) is 5.84 Å². The van der Waals surface area contributed by atoms with E-state index in [4.69, 9.17) is 10.9 Å². The Morgan fingerprint density at radius 2 is 2.44 bits per heavy atom. The summed E-state index contributed by atoms with van der Waals surface area (Å²) in [6, 6.07) is 6.07. The van der Waals surface area contributed by atoms with Gasteiger partial charge in [0.2, 0.25) is 0 Å². The fourth-order valence-corrected chi connectivity index (χ4v) is 1.42. The Bertz CT molecular complexity index is 326. The Morgan fingerprint density at radius 3 is 3.06 bits per heavy atom. The van der Waals surface area contributed by atoms with Crippen LogP contribution in [0, 0.1) is 0 Å². The van der Waals surface area contributed by atoms with Crippen molar-refractivity contribution in [1.29, 1.82) is 0 Å². The summed E-state index contributed by atoms with van der Waals surface area (Å²) < 4.78 is 0. The number of rotatable bonds is 6.